The first-order valence-corrected chi connectivity index (χ1v) is 6.93. The van der Waals surface area contributed by atoms with Gasteiger partial charge < -0.3 is 4.74 Å². The van der Waals surface area contributed by atoms with Gasteiger partial charge in [-0.25, -0.2) is 17.9 Å². The summed E-state index contributed by atoms with van der Waals surface area (Å²) < 4.78 is 30.5. The molecule has 1 rings (SSSR count). The summed E-state index contributed by atoms with van der Waals surface area (Å²) in [6.07, 6.45) is 0. The third kappa shape index (κ3) is 2.85. The van der Waals surface area contributed by atoms with Gasteiger partial charge in [0.1, 0.15) is 0 Å². The van der Waals surface area contributed by atoms with Gasteiger partial charge in [0.15, 0.2) is 0 Å². The molecule has 1 aromatic rings. The molecule has 0 saturated carbocycles. The Morgan fingerprint density at radius 3 is 2.47 bits per heavy atom. The molecule has 0 radical (unpaired) electrons. The highest BCUT2D eigenvalue weighted by Crippen LogP contribution is 2.26. The van der Waals surface area contributed by atoms with Crippen LogP contribution in [0, 0.1) is 6.92 Å². The summed E-state index contributed by atoms with van der Waals surface area (Å²) in [4.78, 5) is 11.5. The SMILES string of the molecule is CNS(=O)(=O)c1cc(C)c(C(=O)OC)cc1Br. The maximum absolute atomic E-state index is 11.7. The van der Waals surface area contributed by atoms with Gasteiger partial charge >= 0.3 is 5.97 Å². The van der Waals surface area contributed by atoms with E-state index in [2.05, 4.69) is 25.4 Å². The molecule has 0 fully saturated rings. The van der Waals surface area contributed by atoms with Gasteiger partial charge in [0.2, 0.25) is 10.0 Å². The van der Waals surface area contributed by atoms with E-state index in [4.69, 9.17) is 0 Å². The van der Waals surface area contributed by atoms with Crippen LogP contribution in [-0.4, -0.2) is 28.5 Å². The molecule has 0 unspecified atom stereocenters. The number of ether oxygens (including phenoxy) is 1. The van der Waals surface area contributed by atoms with Crippen molar-refractivity contribution in [1.29, 1.82) is 0 Å². The summed E-state index contributed by atoms with van der Waals surface area (Å²) in [6, 6.07) is 2.85. The molecule has 17 heavy (non-hydrogen) atoms. The Morgan fingerprint density at radius 2 is 2.00 bits per heavy atom. The molecule has 0 amide bonds. The molecule has 0 saturated heterocycles. The van der Waals surface area contributed by atoms with Crippen molar-refractivity contribution in [3.05, 3.63) is 27.7 Å². The second-order valence-corrected chi connectivity index (χ2v) is 6.01. The van der Waals surface area contributed by atoms with Gasteiger partial charge in [-0.2, -0.15) is 0 Å². The highest BCUT2D eigenvalue weighted by molar-refractivity contribution is 9.10. The van der Waals surface area contributed by atoms with E-state index in [1.165, 1.54) is 26.3 Å². The third-order valence-corrected chi connectivity index (χ3v) is 4.62. The first-order chi connectivity index (χ1) is 7.83. The molecule has 0 aliphatic carbocycles. The molecule has 0 aliphatic rings. The zero-order valence-corrected chi connectivity index (χ0v) is 12.0. The summed E-state index contributed by atoms with van der Waals surface area (Å²) >= 11 is 3.13. The van der Waals surface area contributed by atoms with Gasteiger partial charge in [-0.15, -0.1) is 0 Å². The summed E-state index contributed by atoms with van der Waals surface area (Å²) in [5.41, 5.74) is 0.864. The van der Waals surface area contributed by atoms with Gasteiger partial charge in [0.05, 0.1) is 17.6 Å². The number of hydrogen-bond donors (Lipinski definition) is 1. The van der Waals surface area contributed by atoms with Crippen LogP contribution < -0.4 is 4.72 Å². The van der Waals surface area contributed by atoms with Gasteiger partial charge in [0.25, 0.3) is 0 Å². The normalized spacial score (nSPS) is 11.3. The minimum Gasteiger partial charge on any atom is -0.465 e. The van der Waals surface area contributed by atoms with Crippen molar-refractivity contribution < 1.29 is 17.9 Å². The summed E-state index contributed by atoms with van der Waals surface area (Å²) in [5.74, 6) is -0.503. The van der Waals surface area contributed by atoms with Crippen molar-refractivity contribution in [3.8, 4) is 0 Å². The number of aryl methyl sites for hydroxylation is 1. The number of carbonyl (C=O) groups excluding carboxylic acids is 1. The quantitative estimate of drug-likeness (QED) is 0.855. The summed E-state index contributed by atoms with van der Waals surface area (Å²) in [5, 5.41) is 0. The van der Waals surface area contributed by atoms with E-state index >= 15 is 0 Å². The van der Waals surface area contributed by atoms with Crippen molar-refractivity contribution in [3.63, 3.8) is 0 Å². The molecule has 1 aromatic carbocycles. The van der Waals surface area contributed by atoms with E-state index in [1.807, 2.05) is 0 Å². The Bertz CT molecular complexity index is 554. The van der Waals surface area contributed by atoms with E-state index in [1.54, 1.807) is 6.92 Å². The molecule has 0 spiro atoms. The Labute approximate surface area is 108 Å². The fraction of sp³-hybridized carbons (Fsp3) is 0.300. The lowest BCUT2D eigenvalue weighted by Gasteiger charge is -2.09. The van der Waals surface area contributed by atoms with E-state index in [0.717, 1.165) is 0 Å². The van der Waals surface area contributed by atoms with Crippen molar-refractivity contribution in [2.45, 2.75) is 11.8 Å². The molecule has 7 heteroatoms. The summed E-state index contributed by atoms with van der Waals surface area (Å²) in [6.45, 7) is 1.65. The molecular weight excluding hydrogens is 310 g/mol. The van der Waals surface area contributed by atoms with E-state index in [0.29, 0.717) is 15.6 Å². The van der Waals surface area contributed by atoms with Gasteiger partial charge in [-0.05, 0) is 47.6 Å². The number of rotatable bonds is 3. The van der Waals surface area contributed by atoms with E-state index in [9.17, 15) is 13.2 Å². The maximum atomic E-state index is 11.7. The molecule has 5 nitrogen and oxygen atoms in total. The molecular formula is C10H12BrNO4S. The van der Waals surface area contributed by atoms with Crippen LogP contribution in [0.3, 0.4) is 0 Å². The van der Waals surface area contributed by atoms with Crippen molar-refractivity contribution in [1.82, 2.24) is 4.72 Å². The highest BCUT2D eigenvalue weighted by Gasteiger charge is 2.19. The molecule has 0 atom stereocenters. The Kier molecular flexibility index (Phi) is 4.29. The van der Waals surface area contributed by atoms with Crippen molar-refractivity contribution in [2.24, 2.45) is 0 Å². The fourth-order valence-corrected chi connectivity index (χ4v) is 3.15. The average Bonchev–Trinajstić information content (AvgIpc) is 2.30. The Hall–Kier alpha value is -0.920. The first kappa shape index (κ1) is 14.1. The number of carbonyl (C=O) groups is 1. The topological polar surface area (TPSA) is 72.5 Å². The molecule has 94 valence electrons. The van der Waals surface area contributed by atoms with Gasteiger partial charge in [-0.1, -0.05) is 0 Å². The smallest absolute Gasteiger partial charge is 0.338 e. The zero-order chi connectivity index (χ0) is 13.2. The average molecular weight is 322 g/mol. The van der Waals surface area contributed by atoms with Crippen LogP contribution in [0.15, 0.2) is 21.5 Å². The van der Waals surface area contributed by atoms with Crippen LogP contribution in [0.2, 0.25) is 0 Å². The minimum absolute atomic E-state index is 0.0881. The largest absolute Gasteiger partial charge is 0.465 e. The summed E-state index contributed by atoms with van der Waals surface area (Å²) in [7, 11) is -0.953. The van der Waals surface area contributed by atoms with Crippen molar-refractivity contribution in [2.75, 3.05) is 14.2 Å². The third-order valence-electron chi connectivity index (χ3n) is 2.24. The zero-order valence-electron chi connectivity index (χ0n) is 9.57. The number of nitrogens with one attached hydrogen (secondary N) is 1. The standard InChI is InChI=1S/C10H12BrNO4S/c1-6-4-9(17(14,15)12-2)8(11)5-7(6)10(13)16-3/h4-5,12H,1-3H3. The maximum Gasteiger partial charge on any atom is 0.338 e. The molecule has 1 N–H and O–H groups in total. The second-order valence-electron chi connectivity index (χ2n) is 3.30. The molecule has 0 bridgehead atoms. The molecule has 0 aromatic heterocycles. The second kappa shape index (κ2) is 5.16. The minimum atomic E-state index is -3.55. The number of benzene rings is 1. The Morgan fingerprint density at radius 1 is 1.41 bits per heavy atom. The number of methoxy groups -OCH3 is 1. The van der Waals surface area contributed by atoms with Crippen LogP contribution in [-0.2, 0) is 14.8 Å². The lowest BCUT2D eigenvalue weighted by Crippen LogP contribution is -2.19. The predicted molar refractivity (Wildman–Crippen MR) is 66.5 cm³/mol. The number of sulfonamides is 1. The Balaban J connectivity index is 3.43. The number of hydrogen-bond acceptors (Lipinski definition) is 4. The number of esters is 1. The fourth-order valence-electron chi connectivity index (χ4n) is 1.30. The predicted octanol–water partition coefficient (Wildman–Crippen LogP) is 1.45. The van der Waals surface area contributed by atoms with Crippen LogP contribution in [0.1, 0.15) is 15.9 Å². The molecule has 0 heterocycles. The van der Waals surface area contributed by atoms with Crippen LogP contribution in [0.4, 0.5) is 0 Å². The van der Waals surface area contributed by atoms with Crippen LogP contribution >= 0.6 is 15.9 Å². The van der Waals surface area contributed by atoms with Gasteiger partial charge in [0, 0.05) is 4.47 Å². The lowest BCUT2D eigenvalue weighted by molar-refractivity contribution is 0.0599. The lowest BCUT2D eigenvalue weighted by atomic mass is 10.1. The highest BCUT2D eigenvalue weighted by atomic mass is 79.9. The van der Waals surface area contributed by atoms with E-state index < -0.39 is 16.0 Å². The first-order valence-electron chi connectivity index (χ1n) is 4.65. The van der Waals surface area contributed by atoms with E-state index in [-0.39, 0.29) is 4.90 Å². The molecule has 0 aliphatic heterocycles. The van der Waals surface area contributed by atoms with Crippen LogP contribution in [0.5, 0.6) is 0 Å². The van der Waals surface area contributed by atoms with Gasteiger partial charge in [-0.3, -0.25) is 0 Å². The number of halogens is 1. The van der Waals surface area contributed by atoms with Crippen molar-refractivity contribution >= 4 is 31.9 Å². The van der Waals surface area contributed by atoms with Crippen LogP contribution in [0.25, 0.3) is 0 Å². The monoisotopic (exact) mass is 321 g/mol.